The molecule has 0 unspecified atom stereocenters. The molecule has 1 saturated heterocycles. The van der Waals surface area contributed by atoms with Gasteiger partial charge in [0.2, 0.25) is 0 Å². The first-order chi connectivity index (χ1) is 12.0. The van der Waals surface area contributed by atoms with Gasteiger partial charge >= 0.3 is 0 Å². The molecule has 8 heteroatoms. The fourth-order valence-corrected chi connectivity index (χ4v) is 3.08. The van der Waals surface area contributed by atoms with Crippen molar-refractivity contribution in [3.63, 3.8) is 0 Å². The zero-order valence-corrected chi connectivity index (χ0v) is 14.2. The van der Waals surface area contributed by atoms with E-state index in [9.17, 15) is 10.1 Å². The van der Waals surface area contributed by atoms with E-state index in [2.05, 4.69) is 15.0 Å². The molecule has 2 heterocycles. The second-order valence-electron chi connectivity index (χ2n) is 6.14. The quantitative estimate of drug-likeness (QED) is 0.622. The van der Waals surface area contributed by atoms with Crippen LogP contribution in [0.25, 0.3) is 0 Å². The van der Waals surface area contributed by atoms with Gasteiger partial charge in [0.05, 0.1) is 10.6 Å². The number of benzene rings is 1. The number of hydrogen-bond acceptors (Lipinski definition) is 7. The highest BCUT2D eigenvalue weighted by Crippen LogP contribution is 2.25. The van der Waals surface area contributed by atoms with Crippen LogP contribution in [0.5, 0.6) is 0 Å². The molecule has 0 amide bonds. The Bertz CT molecular complexity index is 812. The van der Waals surface area contributed by atoms with Crippen LogP contribution in [0.4, 0.5) is 11.4 Å². The van der Waals surface area contributed by atoms with Gasteiger partial charge in [0, 0.05) is 50.0 Å². The minimum Gasteiger partial charge on any atom is -0.369 e. The average Bonchev–Trinajstić information content (AvgIpc) is 2.93. The molecule has 25 heavy (non-hydrogen) atoms. The number of rotatable bonds is 4. The summed E-state index contributed by atoms with van der Waals surface area (Å²) in [4.78, 5) is 14.9. The number of anilines is 1. The number of nitro groups is 1. The second-order valence-corrected chi connectivity index (χ2v) is 6.14. The van der Waals surface area contributed by atoms with Crippen LogP contribution in [-0.2, 0) is 6.54 Å². The first kappa shape index (κ1) is 16.9. The third-order valence-corrected chi connectivity index (χ3v) is 4.60. The zero-order chi connectivity index (χ0) is 18.0. The Balaban J connectivity index is 1.66. The lowest BCUT2D eigenvalue weighted by atomic mass is 10.1. The highest BCUT2D eigenvalue weighted by molar-refractivity contribution is 5.60. The highest BCUT2D eigenvalue weighted by Gasteiger charge is 2.22. The Hall–Kier alpha value is -2.92. The third-order valence-electron chi connectivity index (χ3n) is 4.60. The lowest BCUT2D eigenvalue weighted by Crippen LogP contribution is -2.46. The van der Waals surface area contributed by atoms with Crippen molar-refractivity contribution in [1.29, 1.82) is 5.26 Å². The van der Waals surface area contributed by atoms with Crippen LogP contribution in [0.2, 0.25) is 0 Å². The van der Waals surface area contributed by atoms with Gasteiger partial charge in [0.15, 0.2) is 0 Å². The summed E-state index contributed by atoms with van der Waals surface area (Å²) in [6.45, 7) is 8.00. The minimum absolute atomic E-state index is 0.0978. The summed E-state index contributed by atoms with van der Waals surface area (Å²) in [5.41, 5.74) is 2.85. The molecule has 0 N–H and O–H groups in total. The SMILES string of the molecule is Cc1noc(C)c1CN1CCN(c2ccc([N+](=O)[O-])c(C#N)c2)CC1. The molecule has 0 spiro atoms. The van der Waals surface area contributed by atoms with E-state index in [-0.39, 0.29) is 11.3 Å². The summed E-state index contributed by atoms with van der Waals surface area (Å²) < 4.78 is 5.21. The Kier molecular flexibility index (Phi) is 4.67. The topological polar surface area (TPSA) is 99.4 Å². The van der Waals surface area contributed by atoms with Crippen LogP contribution in [0.15, 0.2) is 22.7 Å². The summed E-state index contributed by atoms with van der Waals surface area (Å²) in [7, 11) is 0. The van der Waals surface area contributed by atoms with Gasteiger partial charge < -0.3 is 9.42 Å². The third kappa shape index (κ3) is 3.46. The average molecular weight is 341 g/mol. The van der Waals surface area contributed by atoms with Crippen LogP contribution >= 0.6 is 0 Å². The van der Waals surface area contributed by atoms with Gasteiger partial charge in [-0.15, -0.1) is 0 Å². The van der Waals surface area contributed by atoms with Crippen molar-refractivity contribution in [1.82, 2.24) is 10.1 Å². The molecule has 0 radical (unpaired) electrons. The van der Waals surface area contributed by atoms with E-state index in [1.165, 1.54) is 6.07 Å². The number of aromatic nitrogens is 1. The van der Waals surface area contributed by atoms with E-state index >= 15 is 0 Å². The lowest BCUT2D eigenvalue weighted by Gasteiger charge is -2.36. The predicted octanol–water partition coefficient (Wildman–Crippen LogP) is 2.39. The predicted molar refractivity (Wildman–Crippen MR) is 91.3 cm³/mol. The van der Waals surface area contributed by atoms with Crippen molar-refractivity contribution in [3.05, 3.63) is 50.9 Å². The van der Waals surface area contributed by atoms with E-state index in [1.54, 1.807) is 12.1 Å². The van der Waals surface area contributed by atoms with E-state index in [0.717, 1.165) is 55.4 Å². The molecule has 1 aliphatic heterocycles. The standard InChI is InChI=1S/C17H19N5O3/c1-12-16(13(2)25-19-12)11-20-5-7-21(8-6-20)15-3-4-17(22(23)24)14(9-15)10-18/h3-4,9H,5-8,11H2,1-2H3. The molecule has 0 atom stereocenters. The molecule has 1 aromatic carbocycles. The second kappa shape index (κ2) is 6.91. The number of aryl methyl sites for hydroxylation is 2. The Morgan fingerprint density at radius 3 is 2.60 bits per heavy atom. The molecule has 0 aliphatic carbocycles. The normalized spacial score (nSPS) is 15.2. The zero-order valence-electron chi connectivity index (χ0n) is 14.2. The summed E-state index contributed by atoms with van der Waals surface area (Å²) in [6, 6.07) is 6.63. The van der Waals surface area contributed by atoms with Crippen molar-refractivity contribution < 1.29 is 9.45 Å². The maximum absolute atomic E-state index is 10.9. The van der Waals surface area contributed by atoms with Gasteiger partial charge in [0.25, 0.3) is 5.69 Å². The molecule has 2 aromatic rings. The summed E-state index contributed by atoms with van der Waals surface area (Å²) in [5, 5.41) is 24.1. The van der Waals surface area contributed by atoms with Crippen LogP contribution in [0.1, 0.15) is 22.6 Å². The van der Waals surface area contributed by atoms with Gasteiger partial charge in [0.1, 0.15) is 17.4 Å². The van der Waals surface area contributed by atoms with E-state index in [1.807, 2.05) is 19.9 Å². The smallest absolute Gasteiger partial charge is 0.287 e. The summed E-state index contributed by atoms with van der Waals surface area (Å²) in [6.07, 6.45) is 0. The Morgan fingerprint density at radius 1 is 1.32 bits per heavy atom. The minimum atomic E-state index is -0.524. The number of nitriles is 1. The van der Waals surface area contributed by atoms with Crippen LogP contribution in [0.3, 0.4) is 0 Å². The van der Waals surface area contributed by atoms with Crippen molar-refractivity contribution in [2.24, 2.45) is 0 Å². The number of nitrogens with zero attached hydrogens (tertiary/aromatic N) is 5. The largest absolute Gasteiger partial charge is 0.369 e. The van der Waals surface area contributed by atoms with Crippen molar-refractivity contribution in [2.45, 2.75) is 20.4 Å². The van der Waals surface area contributed by atoms with E-state index in [4.69, 9.17) is 9.78 Å². The number of nitro benzene ring substituents is 1. The Labute approximate surface area is 145 Å². The first-order valence-corrected chi connectivity index (χ1v) is 8.07. The monoisotopic (exact) mass is 341 g/mol. The van der Waals surface area contributed by atoms with E-state index in [0.29, 0.717) is 0 Å². The maximum Gasteiger partial charge on any atom is 0.287 e. The highest BCUT2D eigenvalue weighted by atomic mass is 16.6. The maximum atomic E-state index is 10.9. The van der Waals surface area contributed by atoms with Crippen LogP contribution < -0.4 is 4.90 Å². The summed E-state index contributed by atoms with van der Waals surface area (Å²) in [5.74, 6) is 0.856. The molecule has 8 nitrogen and oxygen atoms in total. The lowest BCUT2D eigenvalue weighted by molar-refractivity contribution is -0.385. The van der Waals surface area contributed by atoms with Gasteiger partial charge in [-0.05, 0) is 26.0 Å². The first-order valence-electron chi connectivity index (χ1n) is 8.07. The van der Waals surface area contributed by atoms with E-state index < -0.39 is 4.92 Å². The number of hydrogen-bond donors (Lipinski definition) is 0. The van der Waals surface area contributed by atoms with Gasteiger partial charge in [-0.1, -0.05) is 5.16 Å². The molecular formula is C17H19N5O3. The molecule has 3 rings (SSSR count). The molecule has 0 saturated carbocycles. The van der Waals surface area contributed by atoms with Crippen molar-refractivity contribution in [3.8, 4) is 6.07 Å². The molecule has 0 bridgehead atoms. The fourth-order valence-electron chi connectivity index (χ4n) is 3.08. The van der Waals surface area contributed by atoms with Crippen molar-refractivity contribution >= 4 is 11.4 Å². The molecule has 1 aromatic heterocycles. The Morgan fingerprint density at radius 2 is 2.04 bits per heavy atom. The van der Waals surface area contributed by atoms with Crippen LogP contribution in [-0.4, -0.2) is 41.2 Å². The molecular weight excluding hydrogens is 322 g/mol. The number of piperazine rings is 1. The fraction of sp³-hybridized carbons (Fsp3) is 0.412. The van der Waals surface area contributed by atoms with Gasteiger partial charge in [-0.3, -0.25) is 15.0 Å². The molecule has 1 fully saturated rings. The van der Waals surface area contributed by atoms with Gasteiger partial charge in [-0.25, -0.2) is 0 Å². The van der Waals surface area contributed by atoms with Gasteiger partial charge in [-0.2, -0.15) is 5.26 Å². The summed E-state index contributed by atoms with van der Waals surface area (Å²) >= 11 is 0. The van der Waals surface area contributed by atoms with Crippen LogP contribution in [0, 0.1) is 35.3 Å². The molecule has 1 aliphatic rings. The van der Waals surface area contributed by atoms with Crippen molar-refractivity contribution in [2.75, 3.05) is 31.1 Å². The molecule has 130 valence electrons.